The highest BCUT2D eigenvalue weighted by Gasteiger charge is 2.24. The first-order valence-electron chi connectivity index (χ1n) is 14.0. The van der Waals surface area contributed by atoms with Crippen LogP contribution in [0.25, 0.3) is 0 Å². The lowest BCUT2D eigenvalue weighted by Crippen LogP contribution is -2.20. The van der Waals surface area contributed by atoms with Crippen molar-refractivity contribution in [3.63, 3.8) is 0 Å². The van der Waals surface area contributed by atoms with Crippen LogP contribution in [0.1, 0.15) is 121 Å². The van der Waals surface area contributed by atoms with Crippen molar-refractivity contribution in [3.05, 3.63) is 58.1 Å². The van der Waals surface area contributed by atoms with E-state index in [0.717, 1.165) is 36.4 Å². The monoisotopic (exact) mass is 493 g/mol. The highest BCUT2D eigenvalue weighted by atomic mass is 16.5. The highest BCUT2D eigenvalue weighted by molar-refractivity contribution is 5.91. The number of rotatable bonds is 12. The topological polar surface area (TPSA) is 38.3 Å². The van der Waals surface area contributed by atoms with Crippen molar-refractivity contribution in [2.24, 2.45) is 0 Å². The molecule has 0 aromatic heterocycles. The van der Waals surface area contributed by atoms with Gasteiger partial charge in [0.15, 0.2) is 0 Å². The van der Waals surface area contributed by atoms with Crippen molar-refractivity contribution in [3.8, 4) is 5.75 Å². The Hall–Kier alpha value is -2.29. The lowest BCUT2D eigenvalue weighted by molar-refractivity contribution is -0.116. The lowest BCUT2D eigenvalue weighted by Gasteiger charge is -2.30. The van der Waals surface area contributed by atoms with Crippen LogP contribution < -0.4 is 10.1 Å². The summed E-state index contributed by atoms with van der Waals surface area (Å²) >= 11 is 0. The zero-order valence-corrected chi connectivity index (χ0v) is 24.6. The predicted octanol–water partition coefficient (Wildman–Crippen LogP) is 9.21. The van der Waals surface area contributed by atoms with E-state index in [2.05, 4.69) is 72.8 Å². The number of carbonyl (C=O) groups excluding carboxylic acids is 1. The SMILES string of the molecule is CCCCCCCCOc1ccc(NC(=O)CCc2cc(C(C)(C)C)c(C)c(C(C)(C)C)c2)cc1C. The van der Waals surface area contributed by atoms with Crippen LogP contribution in [0, 0.1) is 13.8 Å². The maximum absolute atomic E-state index is 12.8. The molecule has 3 nitrogen and oxygen atoms in total. The zero-order valence-electron chi connectivity index (χ0n) is 24.6. The maximum Gasteiger partial charge on any atom is 0.224 e. The third-order valence-corrected chi connectivity index (χ3v) is 6.94. The van der Waals surface area contributed by atoms with Gasteiger partial charge in [0.1, 0.15) is 5.75 Å². The molecule has 0 radical (unpaired) electrons. The summed E-state index contributed by atoms with van der Waals surface area (Å²) in [5.41, 5.74) is 7.38. The molecule has 0 bridgehead atoms. The molecule has 0 unspecified atom stereocenters. The summed E-state index contributed by atoms with van der Waals surface area (Å²) in [7, 11) is 0. The minimum atomic E-state index is 0.0466. The average molecular weight is 494 g/mol. The van der Waals surface area contributed by atoms with Gasteiger partial charge in [0.2, 0.25) is 5.91 Å². The van der Waals surface area contributed by atoms with E-state index in [4.69, 9.17) is 4.74 Å². The van der Waals surface area contributed by atoms with Crippen LogP contribution >= 0.6 is 0 Å². The molecule has 0 saturated heterocycles. The summed E-state index contributed by atoms with van der Waals surface area (Å²) in [4.78, 5) is 12.8. The van der Waals surface area contributed by atoms with Crippen molar-refractivity contribution >= 4 is 11.6 Å². The molecule has 0 atom stereocenters. The van der Waals surface area contributed by atoms with Crippen molar-refractivity contribution < 1.29 is 9.53 Å². The van der Waals surface area contributed by atoms with E-state index in [1.807, 2.05) is 25.1 Å². The van der Waals surface area contributed by atoms with Gasteiger partial charge in [-0.05, 0) is 83.5 Å². The third-order valence-electron chi connectivity index (χ3n) is 6.94. The number of ether oxygens (including phenoxy) is 1. The Morgan fingerprint density at radius 3 is 1.97 bits per heavy atom. The molecule has 2 aromatic carbocycles. The van der Waals surface area contributed by atoms with Crippen LogP contribution in [0.5, 0.6) is 5.75 Å². The fourth-order valence-electron chi connectivity index (χ4n) is 4.91. The molecule has 0 spiro atoms. The van der Waals surface area contributed by atoms with E-state index in [9.17, 15) is 4.79 Å². The van der Waals surface area contributed by atoms with Crippen molar-refractivity contribution in [1.29, 1.82) is 0 Å². The zero-order chi connectivity index (χ0) is 26.9. The Morgan fingerprint density at radius 1 is 0.833 bits per heavy atom. The Morgan fingerprint density at radius 2 is 1.42 bits per heavy atom. The van der Waals surface area contributed by atoms with E-state index in [1.165, 1.54) is 54.4 Å². The molecular weight excluding hydrogens is 442 g/mol. The Labute approximate surface area is 221 Å². The van der Waals surface area contributed by atoms with E-state index in [1.54, 1.807) is 0 Å². The van der Waals surface area contributed by atoms with Crippen molar-refractivity contribution in [2.75, 3.05) is 11.9 Å². The molecule has 1 amide bonds. The van der Waals surface area contributed by atoms with Crippen molar-refractivity contribution in [2.45, 2.75) is 125 Å². The molecule has 2 aromatic rings. The van der Waals surface area contributed by atoms with Gasteiger partial charge in [0.05, 0.1) is 6.61 Å². The molecule has 36 heavy (non-hydrogen) atoms. The van der Waals surface area contributed by atoms with Gasteiger partial charge in [-0.15, -0.1) is 0 Å². The minimum Gasteiger partial charge on any atom is -0.493 e. The molecule has 0 saturated carbocycles. The summed E-state index contributed by atoms with van der Waals surface area (Å²) in [6.45, 7) is 20.9. The second-order valence-electron chi connectivity index (χ2n) is 12.5. The summed E-state index contributed by atoms with van der Waals surface area (Å²) in [5.74, 6) is 0.955. The predicted molar refractivity (Wildman–Crippen MR) is 156 cm³/mol. The number of nitrogens with one attached hydrogen (secondary N) is 1. The van der Waals surface area contributed by atoms with Gasteiger partial charge in [0.25, 0.3) is 0 Å². The lowest BCUT2D eigenvalue weighted by atomic mass is 9.75. The number of benzene rings is 2. The molecule has 0 fully saturated rings. The van der Waals surface area contributed by atoms with E-state index < -0.39 is 0 Å². The maximum atomic E-state index is 12.8. The first-order valence-corrected chi connectivity index (χ1v) is 14.0. The van der Waals surface area contributed by atoms with Crippen LogP contribution in [-0.4, -0.2) is 12.5 Å². The summed E-state index contributed by atoms with van der Waals surface area (Å²) in [6, 6.07) is 10.5. The van der Waals surface area contributed by atoms with Crippen LogP contribution in [0.15, 0.2) is 30.3 Å². The van der Waals surface area contributed by atoms with Crippen LogP contribution in [0.4, 0.5) is 5.69 Å². The van der Waals surface area contributed by atoms with Gasteiger partial charge in [-0.2, -0.15) is 0 Å². The molecule has 0 aliphatic carbocycles. The van der Waals surface area contributed by atoms with Crippen LogP contribution in [0.3, 0.4) is 0 Å². The molecule has 2 rings (SSSR count). The molecule has 0 aliphatic heterocycles. The number of hydrogen-bond donors (Lipinski definition) is 1. The summed E-state index contributed by atoms with van der Waals surface area (Å²) < 4.78 is 5.98. The molecule has 0 heterocycles. The molecule has 3 heteroatoms. The number of carbonyl (C=O) groups is 1. The number of hydrogen-bond acceptors (Lipinski definition) is 2. The van der Waals surface area contributed by atoms with Crippen LogP contribution in [0.2, 0.25) is 0 Å². The summed E-state index contributed by atoms with van der Waals surface area (Å²) in [5, 5.41) is 3.08. The smallest absolute Gasteiger partial charge is 0.224 e. The Balaban J connectivity index is 1.95. The first kappa shape index (κ1) is 29.9. The largest absolute Gasteiger partial charge is 0.493 e. The quantitative estimate of drug-likeness (QED) is 0.299. The normalized spacial score (nSPS) is 12.0. The highest BCUT2D eigenvalue weighted by Crippen LogP contribution is 2.35. The minimum absolute atomic E-state index is 0.0466. The molecule has 0 aliphatic rings. The fourth-order valence-corrected chi connectivity index (χ4v) is 4.91. The number of aryl methyl sites for hydroxylation is 2. The second kappa shape index (κ2) is 13.3. The third kappa shape index (κ3) is 9.30. The Kier molecular flexibility index (Phi) is 11.1. The van der Waals surface area contributed by atoms with Gasteiger partial charge in [-0.25, -0.2) is 0 Å². The van der Waals surface area contributed by atoms with E-state index in [-0.39, 0.29) is 16.7 Å². The van der Waals surface area contributed by atoms with Gasteiger partial charge in [-0.1, -0.05) is 92.7 Å². The summed E-state index contributed by atoms with van der Waals surface area (Å²) in [6.07, 6.45) is 8.73. The first-order chi connectivity index (χ1) is 16.8. The van der Waals surface area contributed by atoms with Gasteiger partial charge < -0.3 is 10.1 Å². The van der Waals surface area contributed by atoms with Gasteiger partial charge >= 0.3 is 0 Å². The van der Waals surface area contributed by atoms with Crippen molar-refractivity contribution in [1.82, 2.24) is 0 Å². The Bertz CT molecular complexity index is 957. The van der Waals surface area contributed by atoms with E-state index >= 15 is 0 Å². The van der Waals surface area contributed by atoms with E-state index in [0.29, 0.717) is 6.42 Å². The number of unbranched alkanes of at least 4 members (excludes halogenated alkanes) is 5. The molecule has 200 valence electrons. The average Bonchev–Trinajstić information content (AvgIpc) is 2.77. The van der Waals surface area contributed by atoms with Gasteiger partial charge in [-0.3, -0.25) is 4.79 Å². The number of amides is 1. The fraction of sp³-hybridized carbons (Fsp3) is 0.606. The second-order valence-corrected chi connectivity index (χ2v) is 12.5. The molecular formula is C33H51NO2. The number of anilines is 1. The van der Waals surface area contributed by atoms with Gasteiger partial charge in [0, 0.05) is 12.1 Å². The molecule has 1 N–H and O–H groups in total. The standard InChI is InChI=1S/C33H51NO2/c1-10-11-12-13-14-15-20-36-30-18-17-27(21-24(30)2)34-31(35)19-16-26-22-28(32(4,5)6)25(3)29(23-26)33(7,8)9/h17-18,21-23H,10-16,19-20H2,1-9H3,(H,34,35). The van der Waals surface area contributed by atoms with Crippen LogP contribution in [-0.2, 0) is 22.0 Å².